The van der Waals surface area contributed by atoms with Crippen molar-refractivity contribution in [3.63, 3.8) is 0 Å². The summed E-state index contributed by atoms with van der Waals surface area (Å²) in [6.45, 7) is 0.614. The zero-order valence-electron chi connectivity index (χ0n) is 8.73. The molecule has 0 bridgehead atoms. The van der Waals surface area contributed by atoms with E-state index in [2.05, 4.69) is 14.8 Å². The minimum Gasteiger partial charge on any atom is -0.469 e. The van der Waals surface area contributed by atoms with Crippen molar-refractivity contribution in [3.05, 3.63) is 0 Å². The molecule has 2 atom stereocenters. The van der Waals surface area contributed by atoms with E-state index in [1.54, 1.807) is 0 Å². The molecule has 1 saturated heterocycles. The van der Waals surface area contributed by atoms with Crippen LogP contribution in [0.3, 0.4) is 0 Å². The predicted molar refractivity (Wildman–Crippen MR) is 49.9 cm³/mol. The number of carbonyl (C=O) groups is 2. The molecule has 0 aromatic heterocycles. The Balaban J connectivity index is 2.70. The second-order valence-corrected chi connectivity index (χ2v) is 3.41. The highest BCUT2D eigenvalue weighted by molar-refractivity contribution is 5.78. The Morgan fingerprint density at radius 3 is 1.87 bits per heavy atom. The fourth-order valence-corrected chi connectivity index (χ4v) is 1.66. The SMILES string of the molecule is COC(=O)[C@H]1CNC[C@H](C(=O)OC)C1O. The van der Waals surface area contributed by atoms with Crippen molar-refractivity contribution in [1.82, 2.24) is 5.32 Å². The lowest BCUT2D eigenvalue weighted by Crippen LogP contribution is -2.53. The largest absolute Gasteiger partial charge is 0.469 e. The van der Waals surface area contributed by atoms with Crippen molar-refractivity contribution < 1.29 is 24.2 Å². The minimum absolute atomic E-state index is 0.307. The Hall–Kier alpha value is -1.14. The fraction of sp³-hybridized carbons (Fsp3) is 0.778. The average Bonchev–Trinajstić information content (AvgIpc) is 2.27. The van der Waals surface area contributed by atoms with Gasteiger partial charge in [-0.2, -0.15) is 0 Å². The van der Waals surface area contributed by atoms with Crippen molar-refractivity contribution in [1.29, 1.82) is 0 Å². The third-order valence-electron chi connectivity index (χ3n) is 2.56. The lowest BCUT2D eigenvalue weighted by molar-refractivity contribution is -0.160. The summed E-state index contributed by atoms with van der Waals surface area (Å²) in [6.07, 6.45) is -1.05. The van der Waals surface area contributed by atoms with Gasteiger partial charge < -0.3 is 19.9 Å². The highest BCUT2D eigenvalue weighted by Crippen LogP contribution is 2.19. The second kappa shape index (κ2) is 5.09. The highest BCUT2D eigenvalue weighted by atomic mass is 16.5. The van der Waals surface area contributed by atoms with Gasteiger partial charge in [0.05, 0.1) is 32.2 Å². The van der Waals surface area contributed by atoms with Gasteiger partial charge in [0.1, 0.15) is 0 Å². The Morgan fingerprint density at radius 2 is 1.53 bits per heavy atom. The number of nitrogens with one attached hydrogen (secondary N) is 1. The maximum Gasteiger partial charge on any atom is 0.312 e. The molecule has 6 heteroatoms. The molecular formula is C9H15NO5. The molecule has 2 N–H and O–H groups in total. The molecule has 0 amide bonds. The summed E-state index contributed by atoms with van der Waals surface area (Å²) in [5, 5.41) is 12.7. The third kappa shape index (κ3) is 2.45. The van der Waals surface area contributed by atoms with Gasteiger partial charge in [0.2, 0.25) is 0 Å². The number of ether oxygens (including phenoxy) is 2. The number of esters is 2. The van der Waals surface area contributed by atoms with Crippen LogP contribution in [0, 0.1) is 11.8 Å². The van der Waals surface area contributed by atoms with Gasteiger partial charge in [0, 0.05) is 13.1 Å². The standard InChI is InChI=1S/C9H15NO5/c1-14-8(12)5-3-10-4-6(7(5)11)9(13)15-2/h5-7,10-11H,3-4H2,1-2H3/t5-,6-/m0/s1. The van der Waals surface area contributed by atoms with Gasteiger partial charge in [-0.3, -0.25) is 9.59 Å². The number of aliphatic hydroxyl groups excluding tert-OH is 1. The number of carbonyl (C=O) groups excluding carboxylic acids is 2. The van der Waals surface area contributed by atoms with Gasteiger partial charge in [-0.1, -0.05) is 0 Å². The third-order valence-corrected chi connectivity index (χ3v) is 2.56. The van der Waals surface area contributed by atoms with Gasteiger partial charge in [0.15, 0.2) is 0 Å². The summed E-state index contributed by atoms with van der Waals surface area (Å²) >= 11 is 0. The molecule has 86 valence electrons. The van der Waals surface area contributed by atoms with E-state index in [4.69, 9.17) is 0 Å². The van der Waals surface area contributed by atoms with Crippen LogP contribution in [0.2, 0.25) is 0 Å². The minimum atomic E-state index is -1.05. The average molecular weight is 217 g/mol. The van der Waals surface area contributed by atoms with Gasteiger partial charge in [-0.15, -0.1) is 0 Å². The second-order valence-electron chi connectivity index (χ2n) is 3.41. The quantitative estimate of drug-likeness (QED) is 0.549. The van der Waals surface area contributed by atoms with Gasteiger partial charge in [-0.25, -0.2) is 0 Å². The molecule has 0 saturated carbocycles. The van der Waals surface area contributed by atoms with E-state index >= 15 is 0 Å². The van der Waals surface area contributed by atoms with Gasteiger partial charge >= 0.3 is 11.9 Å². The van der Waals surface area contributed by atoms with E-state index in [9.17, 15) is 14.7 Å². The number of methoxy groups -OCH3 is 2. The number of piperidine rings is 1. The van der Waals surface area contributed by atoms with E-state index in [0.717, 1.165) is 0 Å². The van der Waals surface area contributed by atoms with Crippen molar-refractivity contribution in [2.45, 2.75) is 6.10 Å². The Bertz CT molecular complexity index is 231. The lowest BCUT2D eigenvalue weighted by Gasteiger charge is -2.31. The van der Waals surface area contributed by atoms with E-state index in [-0.39, 0.29) is 0 Å². The number of hydrogen-bond donors (Lipinski definition) is 2. The van der Waals surface area contributed by atoms with Crippen LogP contribution in [-0.2, 0) is 19.1 Å². The molecule has 1 aliphatic rings. The molecule has 0 unspecified atom stereocenters. The molecule has 0 aromatic carbocycles. The zero-order chi connectivity index (χ0) is 11.4. The lowest BCUT2D eigenvalue weighted by atomic mass is 9.87. The smallest absolute Gasteiger partial charge is 0.312 e. The fourth-order valence-electron chi connectivity index (χ4n) is 1.66. The monoisotopic (exact) mass is 217 g/mol. The normalized spacial score (nSPS) is 27.1. The van der Waals surface area contributed by atoms with Gasteiger partial charge in [0.25, 0.3) is 0 Å². The van der Waals surface area contributed by atoms with E-state index < -0.39 is 29.9 Å². The van der Waals surface area contributed by atoms with Crippen LogP contribution < -0.4 is 5.32 Å². The zero-order valence-corrected chi connectivity index (χ0v) is 8.73. The first-order chi connectivity index (χ1) is 7.11. The van der Waals surface area contributed by atoms with E-state index in [1.807, 2.05) is 0 Å². The molecule has 0 aliphatic carbocycles. The summed E-state index contributed by atoms with van der Waals surface area (Å²) in [7, 11) is 2.49. The summed E-state index contributed by atoms with van der Waals surface area (Å²) in [6, 6.07) is 0. The van der Waals surface area contributed by atoms with Crippen LogP contribution in [0.25, 0.3) is 0 Å². The van der Waals surface area contributed by atoms with Crippen molar-refractivity contribution in [2.75, 3.05) is 27.3 Å². The van der Waals surface area contributed by atoms with Crippen LogP contribution in [-0.4, -0.2) is 50.5 Å². The molecule has 0 spiro atoms. The molecule has 0 radical (unpaired) electrons. The van der Waals surface area contributed by atoms with Crippen LogP contribution in [0.1, 0.15) is 0 Å². The van der Waals surface area contributed by atoms with E-state index in [0.29, 0.717) is 13.1 Å². The predicted octanol–water partition coefficient (Wildman–Crippen LogP) is -1.47. The summed E-state index contributed by atoms with van der Waals surface area (Å²) < 4.78 is 9.06. The maximum atomic E-state index is 11.3. The molecule has 0 aromatic rings. The Morgan fingerprint density at radius 1 is 1.13 bits per heavy atom. The summed E-state index contributed by atoms with van der Waals surface area (Å²) in [5.41, 5.74) is 0. The first-order valence-corrected chi connectivity index (χ1v) is 4.66. The number of aliphatic hydroxyl groups is 1. The Kier molecular flexibility index (Phi) is 4.05. The summed E-state index contributed by atoms with van der Waals surface area (Å²) in [5.74, 6) is -2.48. The maximum absolute atomic E-state index is 11.3. The summed E-state index contributed by atoms with van der Waals surface area (Å²) in [4.78, 5) is 22.5. The Labute approximate surface area is 87.5 Å². The molecule has 6 nitrogen and oxygen atoms in total. The molecule has 1 aliphatic heterocycles. The van der Waals surface area contributed by atoms with E-state index in [1.165, 1.54) is 14.2 Å². The number of hydrogen-bond acceptors (Lipinski definition) is 6. The van der Waals surface area contributed by atoms with Crippen molar-refractivity contribution in [3.8, 4) is 0 Å². The number of rotatable bonds is 2. The topological polar surface area (TPSA) is 84.9 Å². The molecular weight excluding hydrogens is 202 g/mol. The van der Waals surface area contributed by atoms with Gasteiger partial charge in [-0.05, 0) is 0 Å². The molecule has 1 rings (SSSR count). The molecule has 1 heterocycles. The van der Waals surface area contributed by atoms with Crippen molar-refractivity contribution >= 4 is 11.9 Å². The first-order valence-electron chi connectivity index (χ1n) is 4.66. The molecule has 15 heavy (non-hydrogen) atoms. The molecule has 1 fully saturated rings. The highest BCUT2D eigenvalue weighted by Gasteiger charge is 2.41. The first kappa shape index (κ1) is 11.9. The van der Waals surface area contributed by atoms with Crippen LogP contribution in [0.15, 0.2) is 0 Å². The van der Waals surface area contributed by atoms with Crippen LogP contribution >= 0.6 is 0 Å². The van der Waals surface area contributed by atoms with Crippen LogP contribution in [0.4, 0.5) is 0 Å². The van der Waals surface area contributed by atoms with Crippen molar-refractivity contribution in [2.24, 2.45) is 11.8 Å². The van der Waals surface area contributed by atoms with Crippen LogP contribution in [0.5, 0.6) is 0 Å².